The molecule has 5 nitrogen and oxygen atoms in total. The summed E-state index contributed by atoms with van der Waals surface area (Å²) >= 11 is 0. The maximum Gasteiger partial charge on any atom is 0.339 e. The fraction of sp³-hybridized carbons (Fsp3) is 0.333. The Kier molecular flexibility index (Phi) is 2.22. The Bertz CT molecular complexity index is 256. The topological polar surface area (TPSA) is 75.2 Å². The first-order valence-corrected chi connectivity index (χ1v) is 3.00. The summed E-state index contributed by atoms with van der Waals surface area (Å²) in [6, 6.07) is 0. The highest BCUT2D eigenvalue weighted by Gasteiger charge is 2.11. The van der Waals surface area contributed by atoms with Crippen LogP contribution in [0, 0.1) is 0 Å². The number of methoxy groups -OCH3 is 1. The van der Waals surface area contributed by atoms with Crippen molar-refractivity contribution in [2.45, 2.75) is 6.61 Å². The maximum atomic E-state index is 10.4. The van der Waals surface area contributed by atoms with Gasteiger partial charge in [0.1, 0.15) is 11.3 Å². The van der Waals surface area contributed by atoms with Crippen molar-refractivity contribution in [1.82, 2.24) is 10.2 Å². The lowest BCUT2D eigenvalue weighted by Gasteiger charge is -1.93. The monoisotopic (exact) mass is 156 g/mol. The molecule has 0 fully saturated rings. The molecule has 0 aliphatic carbocycles. The van der Waals surface area contributed by atoms with Gasteiger partial charge in [0.25, 0.3) is 0 Å². The molecule has 0 amide bonds. The van der Waals surface area contributed by atoms with Crippen LogP contribution in [0.4, 0.5) is 0 Å². The van der Waals surface area contributed by atoms with E-state index in [2.05, 4.69) is 10.2 Å². The predicted octanol–water partition coefficient (Wildman–Crippen LogP) is 0.254. The van der Waals surface area contributed by atoms with Gasteiger partial charge in [0, 0.05) is 13.3 Å². The van der Waals surface area contributed by atoms with Gasteiger partial charge >= 0.3 is 5.97 Å². The maximum absolute atomic E-state index is 10.4. The van der Waals surface area contributed by atoms with E-state index in [4.69, 9.17) is 9.84 Å². The molecule has 0 aromatic carbocycles. The number of nitrogens with one attached hydrogen (secondary N) is 1. The van der Waals surface area contributed by atoms with Gasteiger partial charge < -0.3 is 9.84 Å². The van der Waals surface area contributed by atoms with Crippen molar-refractivity contribution in [3.8, 4) is 0 Å². The third kappa shape index (κ3) is 1.56. The van der Waals surface area contributed by atoms with Crippen LogP contribution >= 0.6 is 0 Å². The van der Waals surface area contributed by atoms with Crippen molar-refractivity contribution in [2.24, 2.45) is 0 Å². The molecule has 0 radical (unpaired) electrons. The second kappa shape index (κ2) is 3.16. The van der Waals surface area contributed by atoms with Gasteiger partial charge in [-0.1, -0.05) is 0 Å². The van der Waals surface area contributed by atoms with Crippen molar-refractivity contribution >= 4 is 5.97 Å². The van der Waals surface area contributed by atoms with Crippen molar-refractivity contribution in [3.05, 3.63) is 17.5 Å². The standard InChI is InChI=1S/C6H8N2O3/c1-11-3-5-4(6(9)10)2-7-8-5/h2H,3H2,1H3,(H,7,8)(H,9,10). The molecule has 0 saturated heterocycles. The number of H-pyrrole nitrogens is 1. The number of aromatic nitrogens is 2. The first kappa shape index (κ1) is 7.74. The molecule has 0 bridgehead atoms. The predicted molar refractivity (Wildman–Crippen MR) is 36.3 cm³/mol. The fourth-order valence-corrected chi connectivity index (χ4v) is 0.750. The summed E-state index contributed by atoms with van der Waals surface area (Å²) < 4.78 is 4.73. The van der Waals surface area contributed by atoms with Gasteiger partial charge in [-0.25, -0.2) is 4.79 Å². The second-order valence-corrected chi connectivity index (χ2v) is 1.98. The Balaban J connectivity index is 2.87. The van der Waals surface area contributed by atoms with E-state index in [0.717, 1.165) is 0 Å². The summed E-state index contributed by atoms with van der Waals surface area (Å²) in [6.45, 7) is 0.213. The van der Waals surface area contributed by atoms with Crippen LogP contribution in [0.3, 0.4) is 0 Å². The van der Waals surface area contributed by atoms with Crippen LogP contribution in [0.15, 0.2) is 6.20 Å². The lowest BCUT2D eigenvalue weighted by molar-refractivity contribution is 0.0692. The number of hydrogen-bond donors (Lipinski definition) is 2. The number of aromatic carboxylic acids is 1. The molecule has 5 heteroatoms. The highest BCUT2D eigenvalue weighted by molar-refractivity contribution is 5.88. The van der Waals surface area contributed by atoms with Crippen molar-refractivity contribution in [2.75, 3.05) is 7.11 Å². The van der Waals surface area contributed by atoms with E-state index in [-0.39, 0.29) is 12.2 Å². The quantitative estimate of drug-likeness (QED) is 0.657. The minimum absolute atomic E-state index is 0.159. The third-order valence-corrected chi connectivity index (χ3v) is 1.23. The van der Waals surface area contributed by atoms with Crippen LogP contribution in [-0.4, -0.2) is 28.4 Å². The normalized spacial score (nSPS) is 9.91. The molecule has 0 saturated carbocycles. The largest absolute Gasteiger partial charge is 0.478 e. The van der Waals surface area contributed by atoms with Gasteiger partial charge in [-0.3, -0.25) is 5.10 Å². The zero-order valence-corrected chi connectivity index (χ0v) is 6.00. The molecular weight excluding hydrogens is 148 g/mol. The van der Waals surface area contributed by atoms with E-state index < -0.39 is 5.97 Å². The zero-order valence-electron chi connectivity index (χ0n) is 6.00. The molecule has 11 heavy (non-hydrogen) atoms. The lowest BCUT2D eigenvalue weighted by atomic mass is 10.2. The van der Waals surface area contributed by atoms with E-state index in [9.17, 15) is 4.79 Å². The van der Waals surface area contributed by atoms with E-state index in [0.29, 0.717) is 5.69 Å². The van der Waals surface area contributed by atoms with E-state index in [1.807, 2.05) is 0 Å². The number of aromatic amines is 1. The highest BCUT2D eigenvalue weighted by Crippen LogP contribution is 2.04. The SMILES string of the molecule is COCc1n[nH]cc1C(=O)O. The van der Waals surface area contributed by atoms with Gasteiger partial charge in [0.2, 0.25) is 0 Å². The van der Waals surface area contributed by atoms with Gasteiger partial charge in [-0.15, -0.1) is 0 Å². The molecule has 60 valence electrons. The molecule has 0 atom stereocenters. The Labute approximate surface area is 63.0 Å². The van der Waals surface area contributed by atoms with Crippen molar-refractivity contribution < 1.29 is 14.6 Å². The first-order valence-electron chi connectivity index (χ1n) is 3.00. The Morgan fingerprint density at radius 2 is 2.64 bits per heavy atom. The molecule has 0 aliphatic rings. The van der Waals surface area contributed by atoms with E-state index in [1.165, 1.54) is 13.3 Å². The minimum atomic E-state index is -0.995. The number of carbonyl (C=O) groups is 1. The Hall–Kier alpha value is -1.36. The molecule has 1 heterocycles. The summed E-state index contributed by atoms with van der Waals surface area (Å²) in [4.78, 5) is 10.4. The van der Waals surface area contributed by atoms with Crippen LogP contribution < -0.4 is 0 Å². The Morgan fingerprint density at radius 1 is 1.91 bits per heavy atom. The van der Waals surface area contributed by atoms with Gasteiger partial charge in [0.15, 0.2) is 0 Å². The molecule has 1 rings (SSSR count). The highest BCUT2D eigenvalue weighted by atomic mass is 16.5. The van der Waals surface area contributed by atoms with Crippen molar-refractivity contribution in [1.29, 1.82) is 0 Å². The minimum Gasteiger partial charge on any atom is -0.478 e. The smallest absolute Gasteiger partial charge is 0.339 e. The summed E-state index contributed by atoms with van der Waals surface area (Å²) in [6.07, 6.45) is 1.33. The average molecular weight is 156 g/mol. The lowest BCUT2D eigenvalue weighted by Crippen LogP contribution is -2.00. The van der Waals surface area contributed by atoms with Crippen LogP contribution in [0.2, 0.25) is 0 Å². The molecule has 1 aromatic rings. The molecule has 2 N–H and O–H groups in total. The first-order chi connectivity index (χ1) is 5.25. The summed E-state index contributed by atoms with van der Waals surface area (Å²) in [7, 11) is 1.49. The van der Waals surface area contributed by atoms with E-state index in [1.54, 1.807) is 0 Å². The van der Waals surface area contributed by atoms with Gasteiger partial charge in [-0.05, 0) is 0 Å². The van der Waals surface area contributed by atoms with Crippen LogP contribution in [0.1, 0.15) is 16.1 Å². The van der Waals surface area contributed by atoms with Gasteiger partial charge in [0.05, 0.1) is 6.61 Å². The number of ether oxygens (including phenoxy) is 1. The molecular formula is C6H8N2O3. The third-order valence-electron chi connectivity index (χ3n) is 1.23. The molecule has 0 unspecified atom stereocenters. The Morgan fingerprint density at radius 3 is 3.18 bits per heavy atom. The van der Waals surface area contributed by atoms with E-state index >= 15 is 0 Å². The molecule has 0 aliphatic heterocycles. The van der Waals surface area contributed by atoms with Crippen molar-refractivity contribution in [3.63, 3.8) is 0 Å². The molecule has 1 aromatic heterocycles. The number of carboxylic acids is 1. The number of nitrogens with zero attached hydrogens (tertiary/aromatic N) is 1. The second-order valence-electron chi connectivity index (χ2n) is 1.98. The number of hydrogen-bond acceptors (Lipinski definition) is 3. The number of rotatable bonds is 3. The van der Waals surface area contributed by atoms with Crippen LogP contribution in [0.5, 0.6) is 0 Å². The number of carboxylic acid groups (broad SMARTS) is 1. The fourth-order valence-electron chi connectivity index (χ4n) is 0.750. The molecule has 0 spiro atoms. The van der Waals surface area contributed by atoms with Crippen LogP contribution in [0.25, 0.3) is 0 Å². The zero-order chi connectivity index (χ0) is 8.27. The van der Waals surface area contributed by atoms with Gasteiger partial charge in [-0.2, -0.15) is 5.10 Å². The summed E-state index contributed by atoms with van der Waals surface area (Å²) in [5.41, 5.74) is 0.576. The summed E-state index contributed by atoms with van der Waals surface area (Å²) in [5, 5.41) is 14.7. The summed E-state index contributed by atoms with van der Waals surface area (Å²) in [5.74, 6) is -0.995. The average Bonchev–Trinajstić information content (AvgIpc) is 2.36. The van der Waals surface area contributed by atoms with Crippen LogP contribution in [-0.2, 0) is 11.3 Å².